The molecule has 6 atom stereocenters. The minimum atomic E-state index is -0.282. The number of phenols is 4. The molecule has 0 aromatic heterocycles. The second-order valence-electron chi connectivity index (χ2n) is 14.0. The van der Waals surface area contributed by atoms with Gasteiger partial charge < -0.3 is 30.6 Å². The SMILES string of the molecule is CC(C)C[C@@H]1CN2CCc3cc(O)c(O)cc3[C@@H]2C[C@H]1O.CC(C)C[C@H]1CN2CCc3cc(O)c(O)cc3[C@H]2C[C@@H]1O. The highest BCUT2D eigenvalue weighted by Gasteiger charge is 2.40. The van der Waals surface area contributed by atoms with Gasteiger partial charge in [-0.2, -0.15) is 0 Å². The normalized spacial score (nSPS) is 29.2. The molecule has 2 saturated heterocycles. The van der Waals surface area contributed by atoms with Gasteiger partial charge in [-0.15, -0.1) is 0 Å². The van der Waals surface area contributed by atoms with Gasteiger partial charge in [0.1, 0.15) is 0 Å². The molecule has 0 bridgehead atoms. The van der Waals surface area contributed by atoms with Crippen molar-refractivity contribution < 1.29 is 30.6 Å². The molecule has 4 heterocycles. The third-order valence-electron chi connectivity index (χ3n) is 9.91. The lowest BCUT2D eigenvalue weighted by molar-refractivity contribution is -0.0192. The highest BCUT2D eigenvalue weighted by Crippen LogP contribution is 2.44. The minimum absolute atomic E-state index is 0.0451. The molecule has 6 N–H and O–H groups in total. The lowest BCUT2D eigenvalue weighted by Gasteiger charge is -2.46. The number of benzene rings is 2. The predicted octanol–water partition coefficient (Wildman–Crippen LogP) is 4.85. The molecule has 2 fully saturated rings. The van der Waals surface area contributed by atoms with Gasteiger partial charge in [0.2, 0.25) is 0 Å². The summed E-state index contributed by atoms with van der Waals surface area (Å²) in [5.74, 6) is 1.66. The first kappa shape index (κ1) is 30.9. The average Bonchev–Trinajstić information content (AvgIpc) is 2.91. The fraction of sp³-hybridized carbons (Fsp3) is 0.647. The van der Waals surface area contributed by atoms with Crippen molar-refractivity contribution in [2.24, 2.45) is 23.7 Å². The van der Waals surface area contributed by atoms with Crippen molar-refractivity contribution in [1.29, 1.82) is 0 Å². The van der Waals surface area contributed by atoms with Crippen LogP contribution in [0.25, 0.3) is 0 Å². The molecule has 4 aliphatic rings. The van der Waals surface area contributed by atoms with Crippen LogP contribution in [0.2, 0.25) is 0 Å². The van der Waals surface area contributed by atoms with Crippen molar-refractivity contribution in [3.8, 4) is 23.0 Å². The summed E-state index contributed by atoms with van der Waals surface area (Å²) in [5.41, 5.74) is 4.33. The van der Waals surface area contributed by atoms with Crippen molar-refractivity contribution in [2.45, 2.75) is 90.5 Å². The highest BCUT2D eigenvalue weighted by molar-refractivity contribution is 5.49. The molecule has 0 amide bonds. The second-order valence-corrected chi connectivity index (χ2v) is 14.0. The van der Waals surface area contributed by atoms with E-state index in [4.69, 9.17) is 0 Å². The predicted molar refractivity (Wildman–Crippen MR) is 163 cm³/mol. The van der Waals surface area contributed by atoms with Crippen LogP contribution in [-0.4, -0.2) is 78.8 Å². The van der Waals surface area contributed by atoms with Crippen molar-refractivity contribution in [3.05, 3.63) is 46.5 Å². The molecule has 0 aliphatic carbocycles. The Morgan fingerprint density at radius 1 is 0.619 bits per heavy atom. The van der Waals surface area contributed by atoms with E-state index in [1.54, 1.807) is 24.3 Å². The minimum Gasteiger partial charge on any atom is -0.504 e. The topological polar surface area (TPSA) is 128 Å². The summed E-state index contributed by atoms with van der Waals surface area (Å²) in [6.07, 6.45) is 4.76. The third kappa shape index (κ3) is 6.52. The first-order chi connectivity index (χ1) is 19.9. The Morgan fingerprint density at radius 3 is 1.33 bits per heavy atom. The van der Waals surface area contributed by atoms with Crippen LogP contribution >= 0.6 is 0 Å². The van der Waals surface area contributed by atoms with Gasteiger partial charge in [0.05, 0.1) is 12.2 Å². The van der Waals surface area contributed by atoms with Crippen LogP contribution in [0.3, 0.4) is 0 Å². The van der Waals surface area contributed by atoms with E-state index in [2.05, 4.69) is 37.5 Å². The van der Waals surface area contributed by atoms with Crippen LogP contribution in [0.15, 0.2) is 24.3 Å². The van der Waals surface area contributed by atoms with Gasteiger partial charge in [0, 0.05) is 38.3 Å². The summed E-state index contributed by atoms with van der Waals surface area (Å²) < 4.78 is 0. The standard InChI is InChI=1S/2C17H25NO3/c2*1-10(2)5-12-9-18-4-3-11-6-16(20)17(21)7-13(11)14(18)8-15(12)19/h2*6-7,10,12,14-15,19-21H,3-5,8-9H2,1-2H3/t2*12-,14+,15-/m10/s1. The molecule has 0 spiro atoms. The number of piperidine rings is 2. The highest BCUT2D eigenvalue weighted by atomic mass is 16.3. The van der Waals surface area contributed by atoms with Gasteiger partial charge in [0.15, 0.2) is 23.0 Å². The second kappa shape index (κ2) is 12.6. The summed E-state index contributed by atoms with van der Waals surface area (Å²) in [5, 5.41) is 59.8. The van der Waals surface area contributed by atoms with Gasteiger partial charge >= 0.3 is 0 Å². The summed E-state index contributed by atoms with van der Waals surface area (Å²) in [4.78, 5) is 4.86. The molecule has 6 rings (SSSR count). The number of phenolic OH excluding ortho intramolecular Hbond substituents is 4. The number of fused-ring (bicyclic) bond motifs is 6. The lowest BCUT2D eigenvalue weighted by atomic mass is 9.79. The van der Waals surface area contributed by atoms with E-state index in [0.29, 0.717) is 36.5 Å². The largest absolute Gasteiger partial charge is 0.504 e. The molecular weight excluding hydrogens is 532 g/mol. The number of rotatable bonds is 4. The molecule has 8 heteroatoms. The molecule has 0 saturated carbocycles. The molecule has 0 unspecified atom stereocenters. The van der Waals surface area contributed by atoms with E-state index in [0.717, 1.165) is 74.1 Å². The molecule has 0 radical (unpaired) electrons. The maximum atomic E-state index is 10.5. The first-order valence-corrected chi connectivity index (χ1v) is 15.8. The van der Waals surface area contributed by atoms with Crippen molar-refractivity contribution in [3.63, 3.8) is 0 Å². The summed E-state index contributed by atoms with van der Waals surface area (Å²) >= 11 is 0. The van der Waals surface area contributed by atoms with Gasteiger partial charge in [-0.3, -0.25) is 9.80 Å². The van der Waals surface area contributed by atoms with Crippen LogP contribution in [0, 0.1) is 23.7 Å². The average molecular weight is 583 g/mol. The van der Waals surface area contributed by atoms with Crippen LogP contribution in [0.5, 0.6) is 23.0 Å². The number of hydrogen-bond acceptors (Lipinski definition) is 8. The molecule has 4 aliphatic heterocycles. The maximum Gasteiger partial charge on any atom is 0.157 e. The van der Waals surface area contributed by atoms with Crippen molar-refractivity contribution in [1.82, 2.24) is 9.80 Å². The number of hydrogen-bond donors (Lipinski definition) is 6. The Labute approximate surface area is 250 Å². The number of aliphatic hydroxyl groups is 2. The number of nitrogens with zero attached hydrogens (tertiary/aromatic N) is 2. The summed E-state index contributed by atoms with van der Waals surface area (Å²) in [7, 11) is 0. The fourth-order valence-corrected chi connectivity index (χ4v) is 7.91. The Morgan fingerprint density at radius 2 is 0.976 bits per heavy atom. The smallest absolute Gasteiger partial charge is 0.157 e. The molecule has 2 aromatic rings. The number of aliphatic hydroxyl groups excluding tert-OH is 2. The molecule has 2 aromatic carbocycles. The fourth-order valence-electron chi connectivity index (χ4n) is 7.91. The maximum absolute atomic E-state index is 10.5. The van der Waals surface area contributed by atoms with Crippen LogP contribution in [0.4, 0.5) is 0 Å². The van der Waals surface area contributed by atoms with Crippen LogP contribution in [-0.2, 0) is 12.8 Å². The monoisotopic (exact) mass is 582 g/mol. The Balaban J connectivity index is 0.000000168. The third-order valence-corrected chi connectivity index (χ3v) is 9.91. The molecular formula is C34H50N2O6. The lowest BCUT2D eigenvalue weighted by Crippen LogP contribution is -2.48. The zero-order chi connectivity index (χ0) is 30.3. The van der Waals surface area contributed by atoms with Gasteiger partial charge in [-0.1, -0.05) is 27.7 Å². The zero-order valence-corrected chi connectivity index (χ0v) is 25.6. The van der Waals surface area contributed by atoms with E-state index in [1.165, 1.54) is 0 Å². The van der Waals surface area contributed by atoms with Gasteiger partial charge in [-0.25, -0.2) is 0 Å². The van der Waals surface area contributed by atoms with E-state index in [1.807, 2.05) is 0 Å². The molecule has 42 heavy (non-hydrogen) atoms. The summed E-state index contributed by atoms with van der Waals surface area (Å²) in [6.45, 7) is 12.6. The van der Waals surface area contributed by atoms with Gasteiger partial charge in [-0.05, 0) is 109 Å². The Bertz CT molecular complexity index is 1150. The summed E-state index contributed by atoms with van der Waals surface area (Å²) in [6, 6.07) is 7.04. The van der Waals surface area contributed by atoms with Crippen molar-refractivity contribution in [2.75, 3.05) is 26.2 Å². The zero-order valence-electron chi connectivity index (χ0n) is 25.6. The van der Waals surface area contributed by atoms with Crippen LogP contribution < -0.4 is 0 Å². The molecule has 8 nitrogen and oxygen atoms in total. The van der Waals surface area contributed by atoms with Gasteiger partial charge in [0.25, 0.3) is 0 Å². The number of aromatic hydroxyl groups is 4. The van der Waals surface area contributed by atoms with E-state index in [9.17, 15) is 30.6 Å². The van der Waals surface area contributed by atoms with E-state index in [-0.39, 0.29) is 47.3 Å². The van der Waals surface area contributed by atoms with Crippen LogP contribution in [0.1, 0.15) is 87.7 Å². The first-order valence-electron chi connectivity index (χ1n) is 15.8. The Kier molecular flexibility index (Phi) is 9.28. The van der Waals surface area contributed by atoms with E-state index >= 15 is 0 Å². The van der Waals surface area contributed by atoms with Crippen molar-refractivity contribution >= 4 is 0 Å². The Hall–Kier alpha value is -2.52. The molecule has 232 valence electrons. The van der Waals surface area contributed by atoms with E-state index < -0.39 is 0 Å². The quantitative estimate of drug-likeness (QED) is 0.283.